The first-order valence-electron chi connectivity index (χ1n) is 7.22. The normalized spacial score (nSPS) is 12.0. The summed E-state index contributed by atoms with van der Waals surface area (Å²) in [5.41, 5.74) is 2.29. The van der Waals surface area contributed by atoms with E-state index in [0.717, 1.165) is 23.6 Å². The van der Waals surface area contributed by atoms with Crippen LogP contribution in [0.15, 0.2) is 73.1 Å². The summed E-state index contributed by atoms with van der Waals surface area (Å²) in [4.78, 5) is 4.50. The molecule has 0 amide bonds. The van der Waals surface area contributed by atoms with Crippen LogP contribution in [0.25, 0.3) is 11.4 Å². The average molecular weight is 277 g/mol. The Bertz CT molecular complexity index is 674. The van der Waals surface area contributed by atoms with Gasteiger partial charge in [0.15, 0.2) is 0 Å². The van der Waals surface area contributed by atoms with Gasteiger partial charge in [-0.1, -0.05) is 48.5 Å². The minimum Gasteiger partial charge on any atom is -0.383 e. The standard InChI is InChI=1S/C18H19N3/c1-15(14-20-17-10-6-3-7-11-17)21-13-12-19-18(21)16-8-4-2-5-9-16/h2-13,15,20H,14H2,1H3. The molecule has 1 atom stereocenters. The topological polar surface area (TPSA) is 29.9 Å². The van der Waals surface area contributed by atoms with Crippen molar-refractivity contribution in [3.8, 4) is 11.4 Å². The van der Waals surface area contributed by atoms with Crippen molar-refractivity contribution in [2.24, 2.45) is 0 Å². The minimum atomic E-state index is 0.322. The van der Waals surface area contributed by atoms with Crippen molar-refractivity contribution in [3.05, 3.63) is 73.1 Å². The molecule has 0 bridgehead atoms. The van der Waals surface area contributed by atoms with Crippen molar-refractivity contribution in [1.29, 1.82) is 0 Å². The Morgan fingerprint density at radius 3 is 2.38 bits per heavy atom. The number of nitrogens with zero attached hydrogens (tertiary/aromatic N) is 2. The average Bonchev–Trinajstić information content (AvgIpc) is 3.04. The molecule has 0 saturated carbocycles. The molecule has 3 nitrogen and oxygen atoms in total. The third-order valence-electron chi connectivity index (χ3n) is 3.55. The summed E-state index contributed by atoms with van der Waals surface area (Å²) in [5.74, 6) is 1.01. The van der Waals surface area contributed by atoms with Gasteiger partial charge in [0.2, 0.25) is 0 Å². The number of anilines is 1. The monoisotopic (exact) mass is 277 g/mol. The zero-order chi connectivity index (χ0) is 14.5. The number of nitrogens with one attached hydrogen (secondary N) is 1. The van der Waals surface area contributed by atoms with Gasteiger partial charge in [-0.15, -0.1) is 0 Å². The number of benzene rings is 2. The predicted molar refractivity (Wildman–Crippen MR) is 87.3 cm³/mol. The van der Waals surface area contributed by atoms with Gasteiger partial charge in [0, 0.05) is 36.2 Å². The van der Waals surface area contributed by atoms with Gasteiger partial charge in [0.05, 0.1) is 0 Å². The van der Waals surface area contributed by atoms with Gasteiger partial charge in [0.25, 0.3) is 0 Å². The van der Waals surface area contributed by atoms with Crippen LogP contribution in [0.2, 0.25) is 0 Å². The lowest BCUT2D eigenvalue weighted by molar-refractivity contribution is 0.579. The molecule has 0 aliphatic carbocycles. The van der Waals surface area contributed by atoms with E-state index < -0.39 is 0 Å². The Balaban J connectivity index is 1.74. The highest BCUT2D eigenvalue weighted by atomic mass is 15.1. The summed E-state index contributed by atoms with van der Waals surface area (Å²) in [6, 6.07) is 20.9. The van der Waals surface area contributed by atoms with E-state index in [-0.39, 0.29) is 0 Å². The van der Waals surface area contributed by atoms with Crippen molar-refractivity contribution in [2.45, 2.75) is 13.0 Å². The van der Waals surface area contributed by atoms with Crippen LogP contribution in [0, 0.1) is 0 Å². The van der Waals surface area contributed by atoms with Crippen LogP contribution in [0.5, 0.6) is 0 Å². The second kappa shape index (κ2) is 6.27. The quantitative estimate of drug-likeness (QED) is 0.756. The minimum absolute atomic E-state index is 0.322. The first-order chi connectivity index (χ1) is 10.3. The van der Waals surface area contributed by atoms with E-state index >= 15 is 0 Å². The summed E-state index contributed by atoms with van der Waals surface area (Å²) in [5, 5.41) is 3.46. The predicted octanol–water partition coefficient (Wildman–Crippen LogP) is 4.22. The van der Waals surface area contributed by atoms with Gasteiger partial charge in [-0.2, -0.15) is 0 Å². The number of hydrogen-bond donors (Lipinski definition) is 1. The molecule has 0 saturated heterocycles. The van der Waals surface area contributed by atoms with Crippen LogP contribution in [-0.2, 0) is 0 Å². The summed E-state index contributed by atoms with van der Waals surface area (Å²) < 4.78 is 2.21. The Morgan fingerprint density at radius 1 is 1.00 bits per heavy atom. The van der Waals surface area contributed by atoms with Gasteiger partial charge < -0.3 is 9.88 Å². The van der Waals surface area contributed by atoms with Crippen LogP contribution in [-0.4, -0.2) is 16.1 Å². The fraction of sp³-hybridized carbons (Fsp3) is 0.167. The van der Waals surface area contributed by atoms with Gasteiger partial charge in [0.1, 0.15) is 5.82 Å². The van der Waals surface area contributed by atoms with Crippen LogP contribution in [0.3, 0.4) is 0 Å². The first kappa shape index (κ1) is 13.4. The van der Waals surface area contributed by atoms with Crippen molar-refractivity contribution in [3.63, 3.8) is 0 Å². The van der Waals surface area contributed by atoms with Crippen LogP contribution in [0.1, 0.15) is 13.0 Å². The lowest BCUT2D eigenvalue weighted by atomic mass is 10.2. The van der Waals surface area contributed by atoms with Crippen molar-refractivity contribution in [2.75, 3.05) is 11.9 Å². The highest BCUT2D eigenvalue weighted by molar-refractivity contribution is 5.55. The fourth-order valence-corrected chi connectivity index (χ4v) is 2.40. The molecule has 2 aromatic carbocycles. The highest BCUT2D eigenvalue weighted by Gasteiger charge is 2.11. The molecule has 0 fully saturated rings. The number of imidazole rings is 1. The van der Waals surface area contributed by atoms with E-state index in [9.17, 15) is 0 Å². The maximum Gasteiger partial charge on any atom is 0.140 e. The molecule has 1 aromatic heterocycles. The lowest BCUT2D eigenvalue weighted by Gasteiger charge is -2.18. The van der Waals surface area contributed by atoms with Gasteiger partial charge in [-0.25, -0.2) is 4.98 Å². The lowest BCUT2D eigenvalue weighted by Crippen LogP contribution is -2.16. The number of rotatable bonds is 5. The molecule has 3 rings (SSSR count). The van der Waals surface area contributed by atoms with Gasteiger partial charge in [-0.05, 0) is 19.1 Å². The fourth-order valence-electron chi connectivity index (χ4n) is 2.40. The van der Waals surface area contributed by atoms with E-state index in [2.05, 4.69) is 46.1 Å². The third-order valence-corrected chi connectivity index (χ3v) is 3.55. The van der Waals surface area contributed by atoms with Crippen molar-refractivity contribution < 1.29 is 0 Å². The molecule has 1 heterocycles. The van der Waals surface area contributed by atoms with Crippen LogP contribution >= 0.6 is 0 Å². The Labute approximate surface area is 125 Å². The maximum atomic E-state index is 4.50. The third kappa shape index (κ3) is 3.14. The highest BCUT2D eigenvalue weighted by Crippen LogP contribution is 2.21. The smallest absolute Gasteiger partial charge is 0.140 e. The molecule has 1 unspecified atom stereocenters. The van der Waals surface area contributed by atoms with Gasteiger partial charge in [-0.3, -0.25) is 0 Å². The Kier molecular flexibility index (Phi) is 4.01. The van der Waals surface area contributed by atoms with E-state index in [0.29, 0.717) is 6.04 Å². The molecule has 0 aliphatic heterocycles. The Morgan fingerprint density at radius 2 is 1.67 bits per heavy atom. The van der Waals surface area contributed by atoms with Crippen molar-refractivity contribution >= 4 is 5.69 Å². The zero-order valence-electron chi connectivity index (χ0n) is 12.1. The largest absolute Gasteiger partial charge is 0.383 e. The molecule has 0 aliphatic rings. The molecule has 21 heavy (non-hydrogen) atoms. The molecular formula is C18H19N3. The van der Waals surface area contributed by atoms with E-state index in [1.54, 1.807) is 0 Å². The summed E-state index contributed by atoms with van der Waals surface area (Å²) in [7, 11) is 0. The van der Waals surface area contributed by atoms with Crippen molar-refractivity contribution in [1.82, 2.24) is 9.55 Å². The van der Waals surface area contributed by atoms with E-state index in [4.69, 9.17) is 0 Å². The SMILES string of the molecule is CC(CNc1ccccc1)n1ccnc1-c1ccccc1. The maximum absolute atomic E-state index is 4.50. The van der Waals surface area contributed by atoms with Crippen LogP contribution < -0.4 is 5.32 Å². The Hall–Kier alpha value is -2.55. The first-order valence-corrected chi connectivity index (χ1v) is 7.22. The van der Waals surface area contributed by atoms with Gasteiger partial charge >= 0.3 is 0 Å². The van der Waals surface area contributed by atoms with E-state index in [1.807, 2.05) is 48.8 Å². The van der Waals surface area contributed by atoms with Crippen LogP contribution in [0.4, 0.5) is 5.69 Å². The molecule has 1 N–H and O–H groups in total. The molecule has 0 spiro atoms. The molecule has 106 valence electrons. The summed E-state index contributed by atoms with van der Waals surface area (Å²) in [6.07, 6.45) is 3.90. The second-order valence-electron chi connectivity index (χ2n) is 5.12. The molecule has 3 aromatic rings. The summed E-state index contributed by atoms with van der Waals surface area (Å²) in [6.45, 7) is 3.06. The molecule has 0 radical (unpaired) electrons. The number of hydrogen-bond acceptors (Lipinski definition) is 2. The number of aromatic nitrogens is 2. The zero-order valence-corrected chi connectivity index (χ0v) is 12.1. The van der Waals surface area contributed by atoms with E-state index in [1.165, 1.54) is 0 Å². The number of para-hydroxylation sites is 1. The second-order valence-corrected chi connectivity index (χ2v) is 5.12. The molecular weight excluding hydrogens is 258 g/mol. The molecule has 3 heteroatoms. The summed E-state index contributed by atoms with van der Waals surface area (Å²) >= 11 is 0.